The van der Waals surface area contributed by atoms with Crippen LogP contribution in [-0.2, 0) is 9.47 Å². The molecule has 0 bridgehead atoms. The number of hydrazine groups is 1. The smallest absolute Gasteiger partial charge is 0.434 e. The highest BCUT2D eigenvalue weighted by Crippen LogP contribution is 2.15. The first-order valence-corrected chi connectivity index (χ1v) is 4.73. The normalized spacial score (nSPS) is 9.06. The third-order valence-corrected chi connectivity index (χ3v) is 1.80. The fraction of sp³-hybridized carbons (Fsp3) is 0.200. The van der Waals surface area contributed by atoms with Crippen molar-refractivity contribution in [3.8, 4) is 0 Å². The monoisotopic (exact) mass is 278 g/mol. The van der Waals surface area contributed by atoms with E-state index in [4.69, 9.17) is 5.84 Å². The van der Waals surface area contributed by atoms with E-state index in [1.807, 2.05) is 0 Å². The van der Waals surface area contributed by atoms with Crippen molar-refractivity contribution in [3.05, 3.63) is 29.6 Å². The molecule has 0 amide bonds. The van der Waals surface area contributed by atoms with Crippen LogP contribution in [-0.4, -0.2) is 18.7 Å². The summed E-state index contributed by atoms with van der Waals surface area (Å²) < 4.78 is 21.9. The Hall–Kier alpha value is -1.86. The van der Waals surface area contributed by atoms with E-state index in [-0.39, 0.29) is 30.3 Å². The molecule has 6 nitrogen and oxygen atoms in total. The quantitative estimate of drug-likeness (QED) is 0.379. The maximum atomic E-state index is 13.2. The summed E-state index contributed by atoms with van der Waals surface area (Å²) in [5.41, 5.74) is 2.01. The molecule has 0 atom stereocenters. The molecule has 3 N–H and O–H groups in total. The van der Waals surface area contributed by atoms with E-state index in [0.29, 0.717) is 0 Å². The zero-order valence-electron chi connectivity index (χ0n) is 9.44. The van der Waals surface area contributed by atoms with Gasteiger partial charge in [-0.1, -0.05) is 0 Å². The Balaban J connectivity index is 0.00000289. The van der Waals surface area contributed by atoms with E-state index >= 15 is 0 Å². The van der Waals surface area contributed by atoms with Crippen LogP contribution in [0.5, 0.6) is 0 Å². The Morgan fingerprint density at radius 3 is 2.61 bits per heavy atom. The molecule has 1 aromatic carbocycles. The summed E-state index contributed by atoms with van der Waals surface area (Å²) in [7, 11) is 0. The van der Waals surface area contributed by atoms with Crippen LogP contribution in [0, 0.1) is 5.82 Å². The first-order chi connectivity index (χ1) is 8.08. The second-order valence-corrected chi connectivity index (χ2v) is 2.91. The first kappa shape index (κ1) is 16.1. The molecule has 0 aliphatic carbocycles. The minimum atomic E-state index is -1.13. The lowest BCUT2D eigenvalue weighted by molar-refractivity contribution is 0.0401. The number of ether oxygens (including phenoxy) is 2. The molecule has 0 heterocycles. The Labute approximate surface area is 109 Å². The highest BCUT2D eigenvalue weighted by molar-refractivity contribution is 5.95. The molecule has 0 spiro atoms. The number of carbonyl (C=O) groups excluding carboxylic acids is 2. The second-order valence-electron chi connectivity index (χ2n) is 2.91. The molecule has 1 aromatic rings. The van der Waals surface area contributed by atoms with Gasteiger partial charge in [-0.2, -0.15) is 0 Å². The number of nitrogens with two attached hydrogens (primary N) is 1. The summed E-state index contributed by atoms with van der Waals surface area (Å²) in [5.74, 6) is 3.29. The van der Waals surface area contributed by atoms with Crippen molar-refractivity contribution in [2.45, 2.75) is 6.92 Å². The van der Waals surface area contributed by atoms with Crippen molar-refractivity contribution < 1.29 is 23.5 Å². The predicted molar refractivity (Wildman–Crippen MR) is 63.9 cm³/mol. The first-order valence-electron chi connectivity index (χ1n) is 4.73. The maximum Gasteiger partial charge on any atom is 0.516 e. The van der Waals surface area contributed by atoms with Gasteiger partial charge in [0.1, 0.15) is 5.82 Å². The lowest BCUT2D eigenvalue weighted by atomic mass is 10.2. The van der Waals surface area contributed by atoms with Gasteiger partial charge in [0.2, 0.25) is 0 Å². The van der Waals surface area contributed by atoms with Crippen LogP contribution in [0.3, 0.4) is 0 Å². The van der Waals surface area contributed by atoms with Crippen molar-refractivity contribution in [3.63, 3.8) is 0 Å². The number of halogens is 2. The average Bonchev–Trinajstić information content (AvgIpc) is 2.29. The van der Waals surface area contributed by atoms with Crippen LogP contribution in [0.4, 0.5) is 14.9 Å². The molecule has 0 unspecified atom stereocenters. The van der Waals surface area contributed by atoms with Crippen molar-refractivity contribution >= 4 is 30.2 Å². The van der Waals surface area contributed by atoms with Crippen LogP contribution >= 0.6 is 12.4 Å². The minimum absolute atomic E-state index is 0. The summed E-state index contributed by atoms with van der Waals surface area (Å²) >= 11 is 0. The van der Waals surface area contributed by atoms with Gasteiger partial charge in [-0.25, -0.2) is 14.0 Å². The zero-order chi connectivity index (χ0) is 12.8. The van der Waals surface area contributed by atoms with Gasteiger partial charge in [0.15, 0.2) is 0 Å². The Morgan fingerprint density at radius 2 is 2.11 bits per heavy atom. The molecule has 0 fully saturated rings. The van der Waals surface area contributed by atoms with Gasteiger partial charge < -0.3 is 14.9 Å². The molecule has 0 saturated heterocycles. The molecular weight excluding hydrogens is 267 g/mol. The molecule has 1 rings (SSSR count). The summed E-state index contributed by atoms with van der Waals surface area (Å²) in [4.78, 5) is 22.2. The number of hydrogen-bond acceptors (Lipinski definition) is 6. The largest absolute Gasteiger partial charge is 0.516 e. The number of anilines is 1. The molecule has 100 valence electrons. The van der Waals surface area contributed by atoms with E-state index in [1.54, 1.807) is 6.92 Å². The summed E-state index contributed by atoms with van der Waals surface area (Å²) in [6.07, 6.45) is -1.13. The minimum Gasteiger partial charge on any atom is -0.434 e. The van der Waals surface area contributed by atoms with Gasteiger partial charge >= 0.3 is 12.1 Å². The average molecular weight is 279 g/mol. The van der Waals surface area contributed by atoms with E-state index in [2.05, 4.69) is 14.9 Å². The lowest BCUT2D eigenvalue weighted by Crippen LogP contribution is -2.15. The Morgan fingerprint density at radius 1 is 1.44 bits per heavy atom. The lowest BCUT2D eigenvalue weighted by Gasteiger charge is -2.05. The van der Waals surface area contributed by atoms with Crippen LogP contribution in [0.2, 0.25) is 0 Å². The van der Waals surface area contributed by atoms with E-state index in [0.717, 1.165) is 6.07 Å². The molecular formula is C10H12ClFN2O4. The standard InChI is InChI=1S/C10H11FN2O4.ClH/c1-2-16-10(15)17-9(14)6-3-4-8(13-12)7(11)5-6;/h3-5,13H,2,12H2,1H3;1H. The fourth-order valence-electron chi connectivity index (χ4n) is 1.04. The number of hydrogen-bond donors (Lipinski definition) is 2. The van der Waals surface area contributed by atoms with Crippen molar-refractivity contribution in [1.29, 1.82) is 0 Å². The van der Waals surface area contributed by atoms with Crippen LogP contribution in [0.15, 0.2) is 18.2 Å². The van der Waals surface area contributed by atoms with Crippen LogP contribution in [0.25, 0.3) is 0 Å². The fourth-order valence-corrected chi connectivity index (χ4v) is 1.04. The SMILES string of the molecule is CCOC(=O)OC(=O)c1ccc(NN)c(F)c1.Cl. The van der Waals surface area contributed by atoms with Gasteiger partial charge in [0.05, 0.1) is 17.9 Å². The Kier molecular flexibility index (Phi) is 6.69. The third-order valence-electron chi connectivity index (χ3n) is 1.80. The molecule has 0 radical (unpaired) electrons. The molecule has 8 heteroatoms. The second kappa shape index (κ2) is 7.46. The van der Waals surface area contributed by atoms with Crippen molar-refractivity contribution in [2.24, 2.45) is 5.84 Å². The molecule has 0 aromatic heterocycles. The number of esters is 1. The van der Waals surface area contributed by atoms with Gasteiger partial charge in [-0.3, -0.25) is 5.84 Å². The van der Waals surface area contributed by atoms with Gasteiger partial charge in [-0.05, 0) is 25.1 Å². The highest BCUT2D eigenvalue weighted by atomic mass is 35.5. The van der Waals surface area contributed by atoms with Gasteiger partial charge in [0.25, 0.3) is 0 Å². The highest BCUT2D eigenvalue weighted by Gasteiger charge is 2.15. The number of benzene rings is 1. The summed E-state index contributed by atoms with van der Waals surface area (Å²) in [6, 6.07) is 3.41. The summed E-state index contributed by atoms with van der Waals surface area (Å²) in [6.45, 7) is 1.64. The van der Waals surface area contributed by atoms with Crippen molar-refractivity contribution in [2.75, 3.05) is 12.0 Å². The molecule has 0 aliphatic rings. The van der Waals surface area contributed by atoms with Gasteiger partial charge in [-0.15, -0.1) is 12.4 Å². The zero-order valence-corrected chi connectivity index (χ0v) is 10.3. The molecule has 0 aliphatic heterocycles. The summed E-state index contributed by atoms with van der Waals surface area (Å²) in [5, 5.41) is 0. The maximum absolute atomic E-state index is 13.2. The van der Waals surface area contributed by atoms with E-state index < -0.39 is 17.9 Å². The van der Waals surface area contributed by atoms with Crippen LogP contribution < -0.4 is 11.3 Å². The molecule has 18 heavy (non-hydrogen) atoms. The number of nitrogen functional groups attached to an aromatic ring is 1. The van der Waals surface area contributed by atoms with Crippen LogP contribution in [0.1, 0.15) is 17.3 Å². The molecule has 0 saturated carbocycles. The van der Waals surface area contributed by atoms with Gasteiger partial charge in [0, 0.05) is 0 Å². The number of carbonyl (C=O) groups is 2. The number of rotatable bonds is 3. The van der Waals surface area contributed by atoms with Crippen molar-refractivity contribution in [1.82, 2.24) is 0 Å². The Bertz CT molecular complexity index is 442. The number of nitrogens with one attached hydrogen (secondary N) is 1. The van der Waals surface area contributed by atoms with E-state index in [1.165, 1.54) is 12.1 Å². The third kappa shape index (κ3) is 4.19. The predicted octanol–water partition coefficient (Wildman–Crippen LogP) is 1.85. The topological polar surface area (TPSA) is 90.6 Å². The van der Waals surface area contributed by atoms with E-state index in [9.17, 15) is 14.0 Å².